The average molecular weight is 428 g/mol. The number of thioether (sulfide) groups is 1. The van der Waals surface area contributed by atoms with Crippen LogP contribution < -0.4 is 19.5 Å². The number of ether oxygens (including phenoxy) is 3. The summed E-state index contributed by atoms with van der Waals surface area (Å²) in [4.78, 5) is 12.4. The van der Waals surface area contributed by atoms with Crippen LogP contribution in [0.25, 0.3) is 6.08 Å². The number of carbonyl (C=O) groups excluding carboxylic acids is 1. The van der Waals surface area contributed by atoms with Crippen LogP contribution >= 0.6 is 24.0 Å². The van der Waals surface area contributed by atoms with Gasteiger partial charge in [0.1, 0.15) is 23.3 Å². The summed E-state index contributed by atoms with van der Waals surface area (Å²) in [6.45, 7) is 4.44. The van der Waals surface area contributed by atoms with Crippen molar-refractivity contribution >= 4 is 40.3 Å². The lowest BCUT2D eigenvalue weighted by molar-refractivity contribution is -0.115. The quantitative estimate of drug-likeness (QED) is 0.278. The van der Waals surface area contributed by atoms with E-state index in [1.807, 2.05) is 48.5 Å². The van der Waals surface area contributed by atoms with Gasteiger partial charge in [-0.15, -0.1) is 6.58 Å². The third-order valence-electron chi connectivity index (χ3n) is 4.05. The maximum Gasteiger partial charge on any atom is 0.263 e. The first-order valence-electron chi connectivity index (χ1n) is 8.98. The van der Waals surface area contributed by atoms with E-state index in [9.17, 15) is 4.79 Å². The highest BCUT2D eigenvalue weighted by Crippen LogP contribution is 2.30. The van der Waals surface area contributed by atoms with Crippen LogP contribution in [-0.4, -0.2) is 30.6 Å². The maximum atomic E-state index is 11.9. The first kappa shape index (κ1) is 21.0. The minimum Gasteiger partial charge on any atom is -0.493 e. The summed E-state index contributed by atoms with van der Waals surface area (Å²) < 4.78 is 17.5. The fourth-order valence-corrected chi connectivity index (χ4v) is 3.76. The van der Waals surface area contributed by atoms with Gasteiger partial charge in [0, 0.05) is 5.56 Å². The van der Waals surface area contributed by atoms with Crippen LogP contribution in [0.5, 0.6) is 17.2 Å². The molecule has 1 aliphatic rings. The van der Waals surface area contributed by atoms with Gasteiger partial charge >= 0.3 is 0 Å². The molecule has 2 aromatic rings. The fraction of sp³-hybridized carbons (Fsp3) is 0.182. The lowest BCUT2D eigenvalue weighted by Gasteiger charge is -2.13. The summed E-state index contributed by atoms with van der Waals surface area (Å²) in [5, 5.41) is 2.61. The van der Waals surface area contributed by atoms with Crippen LogP contribution in [0.3, 0.4) is 0 Å². The number of benzene rings is 2. The van der Waals surface area contributed by atoms with E-state index in [1.165, 1.54) is 11.8 Å². The van der Waals surface area contributed by atoms with E-state index in [2.05, 4.69) is 11.9 Å². The molecular formula is C22H21NO4S2. The molecule has 3 rings (SSSR count). The molecule has 1 saturated heterocycles. The van der Waals surface area contributed by atoms with Gasteiger partial charge in [0.2, 0.25) is 0 Å². The summed E-state index contributed by atoms with van der Waals surface area (Å²) in [5.74, 6) is 1.81. The van der Waals surface area contributed by atoms with Crippen LogP contribution in [-0.2, 0) is 11.2 Å². The molecule has 0 aliphatic carbocycles. The Morgan fingerprint density at radius 3 is 2.55 bits per heavy atom. The Labute approximate surface area is 179 Å². The van der Waals surface area contributed by atoms with Gasteiger partial charge in [-0.25, -0.2) is 0 Å². The summed E-state index contributed by atoms with van der Waals surface area (Å²) in [7, 11) is 1.61. The van der Waals surface area contributed by atoms with Crippen LogP contribution in [0.4, 0.5) is 0 Å². The predicted molar refractivity (Wildman–Crippen MR) is 121 cm³/mol. The van der Waals surface area contributed by atoms with E-state index in [-0.39, 0.29) is 5.91 Å². The Bertz CT molecular complexity index is 956. The minimum atomic E-state index is -0.190. The van der Waals surface area contributed by atoms with Crippen LogP contribution in [0.2, 0.25) is 0 Å². The Morgan fingerprint density at radius 2 is 1.86 bits per heavy atom. The first-order chi connectivity index (χ1) is 14.1. The molecule has 1 N–H and O–H groups in total. The van der Waals surface area contributed by atoms with Crippen molar-refractivity contribution in [2.75, 3.05) is 20.3 Å². The smallest absolute Gasteiger partial charge is 0.263 e. The molecule has 29 heavy (non-hydrogen) atoms. The Kier molecular flexibility index (Phi) is 7.32. The number of hydrogen-bond acceptors (Lipinski definition) is 6. The molecule has 1 amide bonds. The number of thiocarbonyl (C=S) groups is 1. The molecule has 0 unspecified atom stereocenters. The summed E-state index contributed by atoms with van der Waals surface area (Å²) in [5.41, 5.74) is 1.91. The van der Waals surface area contributed by atoms with Gasteiger partial charge in [0.15, 0.2) is 11.5 Å². The highest BCUT2D eigenvalue weighted by atomic mass is 32.2. The lowest BCUT2D eigenvalue weighted by Crippen LogP contribution is -2.17. The van der Waals surface area contributed by atoms with Crippen molar-refractivity contribution in [2.24, 2.45) is 0 Å². The van der Waals surface area contributed by atoms with Crippen molar-refractivity contribution < 1.29 is 19.0 Å². The second-order valence-electron chi connectivity index (χ2n) is 6.06. The second-order valence-corrected chi connectivity index (χ2v) is 7.78. The van der Waals surface area contributed by atoms with Crippen LogP contribution in [0, 0.1) is 0 Å². The number of nitrogens with one attached hydrogen (secondary N) is 1. The third kappa shape index (κ3) is 5.62. The topological polar surface area (TPSA) is 56.8 Å². The molecule has 0 saturated carbocycles. The van der Waals surface area contributed by atoms with Gasteiger partial charge in [-0.1, -0.05) is 54.3 Å². The van der Waals surface area contributed by atoms with Crippen molar-refractivity contribution in [2.45, 2.75) is 6.42 Å². The van der Waals surface area contributed by atoms with E-state index in [1.54, 1.807) is 13.2 Å². The third-order valence-corrected chi connectivity index (χ3v) is 5.22. The van der Waals surface area contributed by atoms with Gasteiger partial charge in [-0.05, 0) is 36.3 Å². The molecule has 0 aromatic heterocycles. The lowest BCUT2D eigenvalue weighted by atomic mass is 10.1. The zero-order valence-electron chi connectivity index (χ0n) is 16.0. The summed E-state index contributed by atoms with van der Waals surface area (Å²) >= 11 is 6.27. The van der Waals surface area contributed by atoms with Crippen molar-refractivity contribution in [1.29, 1.82) is 0 Å². The first-order valence-corrected chi connectivity index (χ1v) is 10.2. The van der Waals surface area contributed by atoms with Gasteiger partial charge in [-0.3, -0.25) is 4.79 Å². The van der Waals surface area contributed by atoms with Crippen molar-refractivity contribution in [3.05, 3.63) is 71.2 Å². The SMILES string of the molecule is C=CCc1ccc(OCCOc2ccccc2C=C2SC(=S)NC2=O)c(OC)c1. The molecule has 0 radical (unpaired) electrons. The zero-order chi connectivity index (χ0) is 20.6. The predicted octanol–water partition coefficient (Wildman–Crippen LogP) is 4.37. The van der Waals surface area contributed by atoms with E-state index < -0.39 is 0 Å². The number of para-hydroxylation sites is 1. The average Bonchev–Trinajstić information content (AvgIpc) is 3.04. The molecule has 1 heterocycles. The molecule has 0 spiro atoms. The molecule has 5 nitrogen and oxygen atoms in total. The molecule has 0 bridgehead atoms. The van der Waals surface area contributed by atoms with Crippen molar-refractivity contribution in [3.63, 3.8) is 0 Å². The van der Waals surface area contributed by atoms with Gasteiger partial charge in [0.05, 0.1) is 12.0 Å². The van der Waals surface area contributed by atoms with E-state index in [0.717, 1.165) is 17.5 Å². The Balaban J connectivity index is 1.60. The van der Waals surface area contributed by atoms with Gasteiger partial charge in [0.25, 0.3) is 5.91 Å². The zero-order valence-corrected chi connectivity index (χ0v) is 17.6. The van der Waals surface area contributed by atoms with Crippen LogP contribution in [0.15, 0.2) is 60.0 Å². The van der Waals surface area contributed by atoms with E-state index in [0.29, 0.717) is 39.7 Å². The monoisotopic (exact) mass is 427 g/mol. The Morgan fingerprint density at radius 1 is 1.10 bits per heavy atom. The van der Waals surface area contributed by atoms with E-state index in [4.69, 9.17) is 26.4 Å². The normalized spacial score (nSPS) is 14.6. The summed E-state index contributed by atoms with van der Waals surface area (Å²) in [6, 6.07) is 13.3. The number of allylic oxidation sites excluding steroid dienone is 1. The molecule has 0 atom stereocenters. The van der Waals surface area contributed by atoms with E-state index >= 15 is 0 Å². The number of methoxy groups -OCH3 is 1. The van der Waals surface area contributed by atoms with Gasteiger partial charge in [-0.2, -0.15) is 0 Å². The molecule has 1 aliphatic heterocycles. The maximum absolute atomic E-state index is 11.9. The number of rotatable bonds is 9. The second kappa shape index (κ2) is 10.1. The number of carbonyl (C=O) groups is 1. The number of hydrogen-bond donors (Lipinski definition) is 1. The summed E-state index contributed by atoms with van der Waals surface area (Å²) in [6.07, 6.45) is 4.39. The molecular weight excluding hydrogens is 406 g/mol. The number of amides is 1. The molecule has 1 fully saturated rings. The molecule has 7 heteroatoms. The standard InChI is InChI=1S/C22H21NO4S2/c1-3-6-15-9-10-18(19(13-15)25-2)27-12-11-26-17-8-5-4-7-16(17)14-20-21(24)23-22(28)29-20/h3-5,7-10,13-14H,1,6,11-12H2,2H3,(H,23,24,28). The highest BCUT2D eigenvalue weighted by Gasteiger charge is 2.22. The fourth-order valence-electron chi connectivity index (χ4n) is 2.72. The van der Waals surface area contributed by atoms with Crippen LogP contribution in [0.1, 0.15) is 11.1 Å². The highest BCUT2D eigenvalue weighted by molar-refractivity contribution is 8.26. The Hall–Kier alpha value is -2.77. The largest absolute Gasteiger partial charge is 0.493 e. The minimum absolute atomic E-state index is 0.190. The van der Waals surface area contributed by atoms with Crippen molar-refractivity contribution in [1.82, 2.24) is 5.32 Å². The van der Waals surface area contributed by atoms with Crippen molar-refractivity contribution in [3.8, 4) is 17.2 Å². The van der Waals surface area contributed by atoms with Gasteiger partial charge < -0.3 is 19.5 Å². The molecule has 150 valence electrons. The molecule has 2 aromatic carbocycles.